The van der Waals surface area contributed by atoms with E-state index in [0.29, 0.717) is 4.47 Å². The summed E-state index contributed by atoms with van der Waals surface area (Å²) in [7, 11) is 0. The van der Waals surface area contributed by atoms with Crippen LogP contribution in [0.1, 0.15) is 10.4 Å². The van der Waals surface area contributed by atoms with E-state index in [-0.39, 0.29) is 5.56 Å². The van der Waals surface area contributed by atoms with E-state index in [4.69, 9.17) is 5.11 Å². The Hall–Kier alpha value is -1.47. The Labute approximate surface area is 98.3 Å². The number of hydrogen-bond donors (Lipinski definition) is 2. The number of benzene rings is 1. The van der Waals surface area contributed by atoms with E-state index in [2.05, 4.69) is 20.8 Å². The number of carboxylic acid groups (broad SMARTS) is 1. The summed E-state index contributed by atoms with van der Waals surface area (Å²) >= 11 is 3.05. The van der Waals surface area contributed by atoms with Crippen molar-refractivity contribution in [2.75, 3.05) is 6.61 Å². The Balaban J connectivity index is 2.65. The minimum absolute atomic E-state index is 0.0189. The molecular weight excluding hydrogens is 285 g/mol. The second kappa shape index (κ2) is 5.57. The Morgan fingerprint density at radius 1 is 1.50 bits per heavy atom. The molecular formula is C9H7BrFNO4. The van der Waals surface area contributed by atoms with Crippen LogP contribution in [0.25, 0.3) is 0 Å². The van der Waals surface area contributed by atoms with Gasteiger partial charge in [-0.15, -0.1) is 0 Å². The molecule has 7 heteroatoms. The van der Waals surface area contributed by atoms with Gasteiger partial charge < -0.3 is 5.11 Å². The van der Waals surface area contributed by atoms with Gasteiger partial charge in [0.05, 0.1) is 5.56 Å². The first-order chi connectivity index (χ1) is 7.50. The first-order valence-electron chi connectivity index (χ1n) is 4.09. The third-order valence-corrected chi connectivity index (χ3v) is 2.23. The van der Waals surface area contributed by atoms with Crippen molar-refractivity contribution in [2.45, 2.75) is 0 Å². The Morgan fingerprint density at radius 3 is 2.81 bits per heavy atom. The quantitative estimate of drug-likeness (QED) is 0.821. The number of carbonyl (C=O) groups excluding carboxylic acids is 1. The lowest BCUT2D eigenvalue weighted by Gasteiger charge is -2.05. The van der Waals surface area contributed by atoms with Crippen molar-refractivity contribution in [2.24, 2.45) is 0 Å². The van der Waals surface area contributed by atoms with Gasteiger partial charge in [-0.3, -0.25) is 9.63 Å². The second-order valence-corrected chi connectivity index (χ2v) is 3.59. The van der Waals surface area contributed by atoms with Crippen molar-refractivity contribution in [1.82, 2.24) is 5.48 Å². The normalized spacial score (nSPS) is 9.88. The Kier molecular flexibility index (Phi) is 4.39. The zero-order valence-electron chi connectivity index (χ0n) is 7.87. The van der Waals surface area contributed by atoms with Crippen LogP contribution in [0.15, 0.2) is 22.7 Å². The van der Waals surface area contributed by atoms with Crippen LogP contribution in [-0.4, -0.2) is 23.6 Å². The molecule has 1 amide bonds. The highest BCUT2D eigenvalue weighted by Gasteiger charge is 2.11. The van der Waals surface area contributed by atoms with Gasteiger partial charge in [0.25, 0.3) is 5.91 Å². The van der Waals surface area contributed by atoms with Crippen LogP contribution in [0.5, 0.6) is 0 Å². The number of hydrogen-bond acceptors (Lipinski definition) is 3. The van der Waals surface area contributed by atoms with Crippen molar-refractivity contribution in [1.29, 1.82) is 0 Å². The maximum Gasteiger partial charge on any atom is 0.332 e. The molecule has 0 bridgehead atoms. The molecule has 16 heavy (non-hydrogen) atoms. The number of carbonyl (C=O) groups is 2. The summed E-state index contributed by atoms with van der Waals surface area (Å²) in [5.74, 6) is -2.53. The number of halogens is 2. The van der Waals surface area contributed by atoms with E-state index < -0.39 is 24.3 Å². The van der Waals surface area contributed by atoms with Gasteiger partial charge in [0, 0.05) is 4.47 Å². The van der Waals surface area contributed by atoms with Crippen molar-refractivity contribution >= 4 is 27.8 Å². The van der Waals surface area contributed by atoms with Gasteiger partial charge in [-0.1, -0.05) is 0 Å². The number of hydroxylamine groups is 1. The van der Waals surface area contributed by atoms with E-state index in [1.54, 1.807) is 0 Å². The molecule has 0 fully saturated rings. The average molecular weight is 292 g/mol. The van der Waals surface area contributed by atoms with Crippen molar-refractivity contribution in [3.8, 4) is 0 Å². The first-order valence-corrected chi connectivity index (χ1v) is 4.89. The molecule has 0 saturated heterocycles. The van der Waals surface area contributed by atoms with Crippen molar-refractivity contribution < 1.29 is 23.9 Å². The van der Waals surface area contributed by atoms with E-state index >= 15 is 0 Å². The minimum atomic E-state index is -1.22. The van der Waals surface area contributed by atoms with Gasteiger partial charge >= 0.3 is 5.97 Å². The average Bonchev–Trinajstić information content (AvgIpc) is 2.21. The topological polar surface area (TPSA) is 75.6 Å². The van der Waals surface area contributed by atoms with Gasteiger partial charge in [-0.05, 0) is 34.1 Å². The fourth-order valence-electron chi connectivity index (χ4n) is 0.890. The van der Waals surface area contributed by atoms with Crippen LogP contribution in [0.2, 0.25) is 0 Å². The minimum Gasteiger partial charge on any atom is -0.479 e. The lowest BCUT2D eigenvalue weighted by molar-refractivity contribution is -0.144. The highest BCUT2D eigenvalue weighted by Crippen LogP contribution is 2.17. The Morgan fingerprint density at radius 2 is 2.19 bits per heavy atom. The predicted octanol–water partition coefficient (Wildman–Crippen LogP) is 1.33. The van der Waals surface area contributed by atoms with E-state index in [0.717, 1.165) is 6.07 Å². The number of aliphatic carboxylic acids is 1. The van der Waals surface area contributed by atoms with Crippen molar-refractivity contribution in [3.63, 3.8) is 0 Å². The van der Waals surface area contributed by atoms with Gasteiger partial charge in [-0.25, -0.2) is 14.7 Å². The van der Waals surface area contributed by atoms with E-state index in [9.17, 15) is 14.0 Å². The molecule has 1 aromatic carbocycles. The fraction of sp³-hybridized carbons (Fsp3) is 0.111. The number of nitrogens with one attached hydrogen (secondary N) is 1. The van der Waals surface area contributed by atoms with E-state index in [1.165, 1.54) is 12.1 Å². The summed E-state index contributed by atoms with van der Waals surface area (Å²) in [5, 5.41) is 8.25. The van der Waals surface area contributed by atoms with Gasteiger partial charge in [0.2, 0.25) is 0 Å². The highest BCUT2D eigenvalue weighted by atomic mass is 79.9. The van der Waals surface area contributed by atoms with Crippen LogP contribution >= 0.6 is 15.9 Å². The maximum absolute atomic E-state index is 12.8. The maximum atomic E-state index is 12.8. The van der Waals surface area contributed by atoms with Gasteiger partial charge in [0.15, 0.2) is 6.61 Å². The molecule has 5 nitrogen and oxygen atoms in total. The van der Waals surface area contributed by atoms with Crippen LogP contribution in [0.4, 0.5) is 4.39 Å². The summed E-state index contributed by atoms with van der Waals surface area (Å²) < 4.78 is 13.2. The fourth-order valence-corrected chi connectivity index (χ4v) is 1.32. The molecule has 1 rings (SSSR count). The molecule has 0 aliphatic heterocycles. The molecule has 0 saturated carbocycles. The third-order valence-electron chi connectivity index (χ3n) is 1.53. The molecule has 0 unspecified atom stereocenters. The molecule has 1 aromatic rings. The van der Waals surface area contributed by atoms with E-state index in [1.807, 2.05) is 5.48 Å². The number of amides is 1. The molecule has 0 aliphatic rings. The van der Waals surface area contributed by atoms with Crippen LogP contribution in [0, 0.1) is 5.82 Å². The number of rotatable bonds is 4. The summed E-state index contributed by atoms with van der Waals surface area (Å²) in [4.78, 5) is 25.8. The lowest BCUT2D eigenvalue weighted by Crippen LogP contribution is -2.27. The summed E-state index contributed by atoms with van der Waals surface area (Å²) in [6, 6.07) is 3.55. The van der Waals surface area contributed by atoms with Gasteiger partial charge in [0.1, 0.15) is 5.82 Å². The SMILES string of the molecule is O=C(O)CONC(=O)c1cc(F)ccc1Br. The first kappa shape index (κ1) is 12.6. The molecule has 0 radical (unpaired) electrons. The molecule has 0 spiro atoms. The Bertz CT molecular complexity index is 424. The largest absolute Gasteiger partial charge is 0.479 e. The van der Waals surface area contributed by atoms with Crippen molar-refractivity contribution in [3.05, 3.63) is 34.1 Å². The standard InChI is InChI=1S/C9H7BrFNO4/c10-7-2-1-5(11)3-6(7)9(15)12-16-4-8(13)14/h1-3H,4H2,(H,12,15)(H,13,14). The molecule has 0 atom stereocenters. The second-order valence-electron chi connectivity index (χ2n) is 2.74. The zero-order valence-corrected chi connectivity index (χ0v) is 9.45. The summed E-state index contributed by atoms with van der Waals surface area (Å²) in [6.45, 7) is -0.668. The molecule has 86 valence electrons. The zero-order chi connectivity index (χ0) is 12.1. The monoisotopic (exact) mass is 291 g/mol. The number of carboxylic acids is 1. The van der Waals surface area contributed by atoms with Crippen LogP contribution in [-0.2, 0) is 9.63 Å². The van der Waals surface area contributed by atoms with Crippen LogP contribution < -0.4 is 5.48 Å². The lowest BCUT2D eigenvalue weighted by atomic mass is 10.2. The summed E-state index contributed by atoms with van der Waals surface area (Å²) in [5.41, 5.74) is 1.90. The molecule has 0 aromatic heterocycles. The van der Waals surface area contributed by atoms with Gasteiger partial charge in [-0.2, -0.15) is 0 Å². The predicted molar refractivity (Wildman–Crippen MR) is 55.2 cm³/mol. The third kappa shape index (κ3) is 3.59. The molecule has 0 aliphatic carbocycles. The molecule has 0 heterocycles. The smallest absolute Gasteiger partial charge is 0.332 e. The van der Waals surface area contributed by atoms with Crippen LogP contribution in [0.3, 0.4) is 0 Å². The molecule has 2 N–H and O–H groups in total. The highest BCUT2D eigenvalue weighted by molar-refractivity contribution is 9.10. The summed E-state index contributed by atoms with van der Waals surface area (Å²) in [6.07, 6.45) is 0.